The van der Waals surface area contributed by atoms with E-state index in [1.165, 1.54) is 4.88 Å². The Balaban J connectivity index is 1.85. The number of aryl methyl sites for hydroxylation is 1. The highest BCUT2D eigenvalue weighted by molar-refractivity contribution is 7.80. The van der Waals surface area contributed by atoms with Gasteiger partial charge in [-0.05, 0) is 68.4 Å². The predicted molar refractivity (Wildman–Crippen MR) is 112 cm³/mol. The molecule has 4 nitrogen and oxygen atoms in total. The van der Waals surface area contributed by atoms with Crippen LogP contribution >= 0.6 is 23.6 Å². The fourth-order valence-corrected chi connectivity index (χ4v) is 4.91. The number of esters is 1. The van der Waals surface area contributed by atoms with E-state index >= 15 is 0 Å². The summed E-state index contributed by atoms with van der Waals surface area (Å²) in [6.45, 7) is 6.48. The lowest BCUT2D eigenvalue weighted by Gasteiger charge is -2.18. The summed E-state index contributed by atoms with van der Waals surface area (Å²) in [5.74, 6) is 0.377. The van der Waals surface area contributed by atoms with Crippen LogP contribution in [0.1, 0.15) is 46.6 Å². The molecule has 2 N–H and O–H groups in total. The van der Waals surface area contributed by atoms with Crippen LogP contribution in [0.15, 0.2) is 24.3 Å². The fourth-order valence-electron chi connectivity index (χ4n) is 3.23. The first kappa shape index (κ1) is 18.9. The topological polar surface area (TPSA) is 50.4 Å². The van der Waals surface area contributed by atoms with E-state index in [0.29, 0.717) is 23.2 Å². The van der Waals surface area contributed by atoms with Crippen molar-refractivity contribution in [2.45, 2.75) is 40.0 Å². The van der Waals surface area contributed by atoms with Crippen LogP contribution in [-0.2, 0) is 17.6 Å². The van der Waals surface area contributed by atoms with Gasteiger partial charge in [-0.15, -0.1) is 11.3 Å². The van der Waals surface area contributed by atoms with Crippen LogP contribution in [0.25, 0.3) is 0 Å². The normalized spacial score (nSPS) is 15.9. The Kier molecular flexibility index (Phi) is 5.94. The molecule has 0 amide bonds. The van der Waals surface area contributed by atoms with Gasteiger partial charge in [-0.1, -0.05) is 25.1 Å². The van der Waals surface area contributed by atoms with E-state index in [1.54, 1.807) is 11.3 Å². The number of fused-ring (bicyclic) bond motifs is 1. The van der Waals surface area contributed by atoms with Crippen LogP contribution in [0.3, 0.4) is 0 Å². The lowest BCUT2D eigenvalue weighted by Crippen LogP contribution is -2.21. The average molecular weight is 389 g/mol. The van der Waals surface area contributed by atoms with Gasteiger partial charge in [0.1, 0.15) is 5.00 Å². The second-order valence-corrected chi connectivity index (χ2v) is 8.18. The van der Waals surface area contributed by atoms with Crippen LogP contribution in [0.4, 0.5) is 10.7 Å². The molecule has 26 heavy (non-hydrogen) atoms. The van der Waals surface area contributed by atoms with Gasteiger partial charge in [0.25, 0.3) is 0 Å². The van der Waals surface area contributed by atoms with Gasteiger partial charge in [-0.25, -0.2) is 4.79 Å². The van der Waals surface area contributed by atoms with Crippen molar-refractivity contribution >= 4 is 45.3 Å². The fraction of sp³-hybridized carbons (Fsp3) is 0.400. The lowest BCUT2D eigenvalue weighted by atomic mass is 9.88. The zero-order chi connectivity index (χ0) is 18.7. The molecule has 6 heteroatoms. The van der Waals surface area contributed by atoms with Gasteiger partial charge in [0.15, 0.2) is 5.11 Å². The standard InChI is InChI=1S/C20H24N2O2S2/c1-4-24-19(23)17-14-10-9-12(2)11-16(14)26-18(17)22-20(25)21-15-8-6-5-7-13(15)3/h5-8,12H,4,9-11H2,1-3H3,(H2,21,22,25)/t12-/m0/s1. The number of thiophene rings is 1. The van der Waals surface area contributed by atoms with Gasteiger partial charge in [0.05, 0.1) is 12.2 Å². The van der Waals surface area contributed by atoms with Crippen molar-refractivity contribution in [2.75, 3.05) is 17.2 Å². The van der Waals surface area contributed by atoms with E-state index in [4.69, 9.17) is 17.0 Å². The highest BCUT2D eigenvalue weighted by Crippen LogP contribution is 2.40. The van der Waals surface area contributed by atoms with Gasteiger partial charge in [-0.2, -0.15) is 0 Å². The predicted octanol–water partition coefficient (Wildman–Crippen LogP) is 5.17. The molecule has 1 aliphatic carbocycles. The van der Waals surface area contributed by atoms with Crippen molar-refractivity contribution in [3.63, 3.8) is 0 Å². The summed E-state index contributed by atoms with van der Waals surface area (Å²) < 4.78 is 5.30. The molecule has 2 aromatic rings. The van der Waals surface area contributed by atoms with Crippen LogP contribution in [0.5, 0.6) is 0 Å². The van der Waals surface area contributed by atoms with Crippen molar-refractivity contribution in [3.05, 3.63) is 45.8 Å². The number of hydrogen-bond acceptors (Lipinski definition) is 4. The summed E-state index contributed by atoms with van der Waals surface area (Å²) in [5.41, 5.74) is 3.86. The molecule has 0 fully saturated rings. The summed E-state index contributed by atoms with van der Waals surface area (Å²) in [4.78, 5) is 13.8. The third-order valence-electron chi connectivity index (χ3n) is 4.61. The molecule has 0 bridgehead atoms. The molecule has 0 unspecified atom stereocenters. The Morgan fingerprint density at radius 2 is 2.12 bits per heavy atom. The Hall–Kier alpha value is -1.92. The number of carbonyl (C=O) groups excluding carboxylic acids is 1. The molecule has 0 saturated carbocycles. The van der Waals surface area contributed by atoms with Crippen LogP contribution < -0.4 is 10.6 Å². The molecule has 1 aromatic heterocycles. The van der Waals surface area contributed by atoms with Crippen molar-refractivity contribution in [2.24, 2.45) is 5.92 Å². The maximum Gasteiger partial charge on any atom is 0.341 e. The largest absolute Gasteiger partial charge is 0.462 e. The molecule has 0 radical (unpaired) electrons. The zero-order valence-electron chi connectivity index (χ0n) is 15.3. The zero-order valence-corrected chi connectivity index (χ0v) is 17.0. The van der Waals surface area contributed by atoms with Gasteiger partial charge in [0.2, 0.25) is 0 Å². The number of anilines is 2. The molecule has 1 aromatic carbocycles. The average Bonchev–Trinajstić information content (AvgIpc) is 2.93. The quantitative estimate of drug-likeness (QED) is 0.559. The lowest BCUT2D eigenvalue weighted by molar-refractivity contribution is 0.0526. The second kappa shape index (κ2) is 8.18. The minimum atomic E-state index is -0.263. The molecule has 3 rings (SSSR count). The Morgan fingerprint density at radius 1 is 1.35 bits per heavy atom. The first-order chi connectivity index (χ1) is 12.5. The van der Waals surface area contributed by atoms with E-state index in [1.807, 2.05) is 38.1 Å². The molecular weight excluding hydrogens is 364 g/mol. The summed E-state index contributed by atoms with van der Waals surface area (Å²) >= 11 is 7.11. The molecule has 1 heterocycles. The van der Waals surface area contributed by atoms with Gasteiger partial charge in [-0.3, -0.25) is 0 Å². The SMILES string of the molecule is CCOC(=O)c1c(NC(=S)Nc2ccccc2C)sc2c1CC[C@H](C)C2. The van der Waals surface area contributed by atoms with Crippen molar-refractivity contribution < 1.29 is 9.53 Å². The summed E-state index contributed by atoms with van der Waals surface area (Å²) in [5, 5.41) is 7.73. The number of carbonyl (C=O) groups is 1. The Morgan fingerprint density at radius 3 is 2.85 bits per heavy atom. The summed E-state index contributed by atoms with van der Waals surface area (Å²) in [6, 6.07) is 7.97. The maximum absolute atomic E-state index is 12.6. The second-order valence-electron chi connectivity index (χ2n) is 6.67. The van der Waals surface area contributed by atoms with Gasteiger partial charge >= 0.3 is 5.97 Å². The highest BCUT2D eigenvalue weighted by Gasteiger charge is 2.28. The van der Waals surface area contributed by atoms with E-state index in [9.17, 15) is 4.79 Å². The number of ether oxygens (including phenoxy) is 1. The number of thiocarbonyl (C=S) groups is 1. The first-order valence-electron chi connectivity index (χ1n) is 8.94. The van der Waals surface area contributed by atoms with Crippen LogP contribution in [0.2, 0.25) is 0 Å². The van der Waals surface area contributed by atoms with Crippen molar-refractivity contribution in [3.8, 4) is 0 Å². The first-order valence-corrected chi connectivity index (χ1v) is 10.2. The third-order valence-corrected chi connectivity index (χ3v) is 5.99. The van der Waals surface area contributed by atoms with Gasteiger partial charge < -0.3 is 15.4 Å². The maximum atomic E-state index is 12.6. The van der Waals surface area contributed by atoms with E-state index in [-0.39, 0.29) is 5.97 Å². The Bertz CT molecular complexity index is 829. The molecule has 0 saturated heterocycles. The monoisotopic (exact) mass is 388 g/mol. The summed E-state index contributed by atoms with van der Waals surface area (Å²) in [6.07, 6.45) is 3.02. The minimum absolute atomic E-state index is 0.263. The van der Waals surface area contributed by atoms with Crippen molar-refractivity contribution in [1.82, 2.24) is 0 Å². The van der Waals surface area contributed by atoms with Crippen molar-refractivity contribution in [1.29, 1.82) is 0 Å². The smallest absolute Gasteiger partial charge is 0.341 e. The van der Waals surface area contributed by atoms with Crippen LogP contribution in [0, 0.1) is 12.8 Å². The highest BCUT2D eigenvalue weighted by atomic mass is 32.1. The number of para-hydroxylation sites is 1. The number of hydrogen-bond donors (Lipinski definition) is 2. The molecular formula is C20H24N2O2S2. The van der Waals surface area contributed by atoms with Gasteiger partial charge in [0, 0.05) is 10.6 Å². The number of benzene rings is 1. The van der Waals surface area contributed by atoms with E-state index < -0.39 is 0 Å². The van der Waals surface area contributed by atoms with Crippen LogP contribution in [-0.4, -0.2) is 17.7 Å². The molecule has 1 atom stereocenters. The molecule has 0 spiro atoms. The molecule has 0 aliphatic heterocycles. The number of rotatable bonds is 4. The molecule has 138 valence electrons. The Labute approximate surface area is 164 Å². The molecule has 1 aliphatic rings. The van der Waals surface area contributed by atoms with E-state index in [0.717, 1.165) is 41.1 Å². The summed E-state index contributed by atoms with van der Waals surface area (Å²) in [7, 11) is 0. The third kappa shape index (κ3) is 4.07. The van der Waals surface area contributed by atoms with E-state index in [2.05, 4.69) is 17.6 Å². The number of nitrogens with one attached hydrogen (secondary N) is 2. The minimum Gasteiger partial charge on any atom is -0.462 e.